The molecule has 3 heterocycles. The highest BCUT2D eigenvalue weighted by Gasteiger charge is 2.26. The second-order valence-corrected chi connectivity index (χ2v) is 9.19. The van der Waals surface area contributed by atoms with Crippen molar-refractivity contribution in [1.82, 2.24) is 14.7 Å². The number of carbonyl (C=O) groups excluding carboxylic acids is 1. The zero-order chi connectivity index (χ0) is 22.0. The largest absolute Gasteiger partial charge is 0.495 e. The van der Waals surface area contributed by atoms with Gasteiger partial charge in [0.25, 0.3) is 0 Å². The summed E-state index contributed by atoms with van der Waals surface area (Å²) in [6.07, 6.45) is 1.01. The van der Waals surface area contributed by atoms with Gasteiger partial charge < -0.3 is 14.4 Å². The van der Waals surface area contributed by atoms with Crippen LogP contribution < -0.4 is 9.64 Å². The molecule has 4 rings (SSSR count). The number of nitrogens with zero attached hydrogens (tertiary/aromatic N) is 4. The maximum absolute atomic E-state index is 12.0. The maximum Gasteiger partial charge on any atom is 0.139 e. The first-order valence-electron chi connectivity index (χ1n) is 10.1. The summed E-state index contributed by atoms with van der Waals surface area (Å²) < 4.78 is 7.19. The van der Waals surface area contributed by atoms with Crippen LogP contribution in [0.15, 0.2) is 35.7 Å². The fraction of sp³-hybridized carbons (Fsp3) is 0.364. The number of halogens is 2. The van der Waals surface area contributed by atoms with E-state index in [9.17, 15) is 4.79 Å². The first-order valence-corrected chi connectivity index (χ1v) is 11.7. The summed E-state index contributed by atoms with van der Waals surface area (Å²) in [4.78, 5) is 17.5. The van der Waals surface area contributed by atoms with Crippen LogP contribution in [0, 0.1) is 6.92 Å². The van der Waals surface area contributed by atoms with E-state index in [2.05, 4.69) is 9.80 Å². The van der Waals surface area contributed by atoms with E-state index in [0.29, 0.717) is 22.3 Å². The second kappa shape index (κ2) is 9.61. The molecule has 3 aromatic rings. The Morgan fingerprint density at radius 1 is 1.23 bits per heavy atom. The highest BCUT2D eigenvalue weighted by atomic mass is 35.5. The first-order chi connectivity index (χ1) is 15.0. The predicted octanol–water partition coefficient (Wildman–Crippen LogP) is 4.63. The molecule has 1 unspecified atom stereocenters. The number of rotatable bonds is 7. The van der Waals surface area contributed by atoms with Gasteiger partial charge in [0.1, 0.15) is 17.7 Å². The Balaban J connectivity index is 1.43. The third-order valence-electron chi connectivity index (χ3n) is 5.69. The van der Waals surface area contributed by atoms with E-state index in [1.54, 1.807) is 18.4 Å². The average molecular weight is 479 g/mol. The lowest BCUT2D eigenvalue weighted by atomic mass is 10.2. The number of anilines is 1. The van der Waals surface area contributed by atoms with Gasteiger partial charge in [-0.1, -0.05) is 29.3 Å². The standard InChI is InChI=1S/C22H24Cl2N4O2S/c1-15-21(24)22(20-4-3-11-31-20)25-28(15)13-17(14-29)27-9-7-26(8-10-27)16-5-6-18(23)19(12-16)30-2/h3-6,11-12,14,17H,7-10,13H2,1-2H3. The van der Waals surface area contributed by atoms with Crippen LogP contribution in [0.1, 0.15) is 5.69 Å². The number of thiophene rings is 1. The predicted molar refractivity (Wildman–Crippen MR) is 127 cm³/mol. The van der Waals surface area contributed by atoms with E-state index in [4.69, 9.17) is 33.0 Å². The molecule has 1 atom stereocenters. The van der Waals surface area contributed by atoms with Gasteiger partial charge in [-0.15, -0.1) is 11.3 Å². The van der Waals surface area contributed by atoms with Crippen LogP contribution in [0.25, 0.3) is 10.6 Å². The Bertz CT molecular complexity index is 1050. The molecule has 2 aromatic heterocycles. The molecule has 0 bridgehead atoms. The molecule has 9 heteroatoms. The van der Waals surface area contributed by atoms with Crippen molar-refractivity contribution in [3.8, 4) is 16.3 Å². The van der Waals surface area contributed by atoms with Crippen molar-refractivity contribution >= 4 is 46.5 Å². The van der Waals surface area contributed by atoms with Gasteiger partial charge in [0, 0.05) is 37.9 Å². The lowest BCUT2D eigenvalue weighted by Gasteiger charge is -2.38. The Morgan fingerprint density at radius 2 is 2.00 bits per heavy atom. The van der Waals surface area contributed by atoms with Gasteiger partial charge >= 0.3 is 0 Å². The summed E-state index contributed by atoms with van der Waals surface area (Å²) in [5.41, 5.74) is 2.72. The topological polar surface area (TPSA) is 50.6 Å². The molecule has 1 aliphatic heterocycles. The normalized spacial score (nSPS) is 15.8. The van der Waals surface area contributed by atoms with Crippen molar-refractivity contribution < 1.29 is 9.53 Å². The third kappa shape index (κ3) is 4.60. The molecule has 0 radical (unpaired) electrons. The van der Waals surface area contributed by atoms with E-state index in [1.165, 1.54) is 0 Å². The average Bonchev–Trinajstić information content (AvgIpc) is 3.42. The molecule has 1 aromatic carbocycles. The highest BCUT2D eigenvalue weighted by Crippen LogP contribution is 2.33. The zero-order valence-electron chi connectivity index (χ0n) is 17.4. The van der Waals surface area contributed by atoms with Crippen molar-refractivity contribution in [2.75, 3.05) is 38.2 Å². The molecule has 0 aliphatic carbocycles. The van der Waals surface area contributed by atoms with Crippen LogP contribution in [0.2, 0.25) is 10.0 Å². The van der Waals surface area contributed by atoms with E-state index in [1.807, 2.05) is 47.3 Å². The SMILES string of the molecule is COc1cc(N2CCN(C(C=O)Cn3nc(-c4cccs4)c(Cl)c3C)CC2)ccc1Cl. The number of piperazine rings is 1. The lowest BCUT2D eigenvalue weighted by molar-refractivity contribution is -0.113. The van der Waals surface area contributed by atoms with Crippen molar-refractivity contribution in [3.05, 3.63) is 51.5 Å². The van der Waals surface area contributed by atoms with Crippen LogP contribution in [0.5, 0.6) is 5.75 Å². The number of benzene rings is 1. The first kappa shape index (κ1) is 22.1. The quantitative estimate of drug-likeness (QED) is 0.463. The van der Waals surface area contributed by atoms with Gasteiger partial charge in [-0.25, -0.2) is 0 Å². The van der Waals surface area contributed by atoms with Crippen molar-refractivity contribution in [1.29, 1.82) is 0 Å². The molecule has 1 aliphatic rings. The molecule has 1 saturated heterocycles. The third-order valence-corrected chi connectivity index (χ3v) is 7.33. The minimum atomic E-state index is -0.257. The molecule has 6 nitrogen and oxygen atoms in total. The minimum Gasteiger partial charge on any atom is -0.495 e. The van der Waals surface area contributed by atoms with E-state index in [-0.39, 0.29) is 6.04 Å². The summed E-state index contributed by atoms with van der Waals surface area (Å²) in [5.74, 6) is 0.667. The molecule has 31 heavy (non-hydrogen) atoms. The summed E-state index contributed by atoms with van der Waals surface area (Å²) >= 11 is 14.3. The number of aldehydes is 1. The number of aromatic nitrogens is 2. The monoisotopic (exact) mass is 478 g/mol. The molecule has 0 spiro atoms. The van der Waals surface area contributed by atoms with Gasteiger partial charge in [0.2, 0.25) is 0 Å². The van der Waals surface area contributed by atoms with Crippen LogP contribution >= 0.6 is 34.5 Å². The van der Waals surface area contributed by atoms with Crippen LogP contribution in [0.3, 0.4) is 0 Å². The fourth-order valence-electron chi connectivity index (χ4n) is 3.85. The Labute approximate surface area is 195 Å². The number of carbonyl (C=O) groups is 1. The van der Waals surface area contributed by atoms with Gasteiger partial charge in [-0.3, -0.25) is 9.58 Å². The Morgan fingerprint density at radius 3 is 2.65 bits per heavy atom. The van der Waals surface area contributed by atoms with E-state index >= 15 is 0 Å². The summed E-state index contributed by atoms with van der Waals surface area (Å²) in [5, 5.41) is 7.95. The second-order valence-electron chi connectivity index (χ2n) is 7.45. The van der Waals surface area contributed by atoms with Crippen LogP contribution in [-0.2, 0) is 11.3 Å². The minimum absolute atomic E-state index is 0.257. The zero-order valence-corrected chi connectivity index (χ0v) is 19.8. The molecule has 0 saturated carbocycles. The molecule has 0 amide bonds. The number of methoxy groups -OCH3 is 1. The molecule has 0 N–H and O–H groups in total. The fourth-order valence-corrected chi connectivity index (χ4v) is 5.05. The van der Waals surface area contributed by atoms with Crippen LogP contribution in [-0.4, -0.2) is 60.3 Å². The highest BCUT2D eigenvalue weighted by molar-refractivity contribution is 7.13. The molecular formula is C22H24Cl2N4O2S. The number of ether oxygens (including phenoxy) is 1. The van der Waals surface area contributed by atoms with Crippen LogP contribution in [0.4, 0.5) is 5.69 Å². The Kier molecular flexibility index (Phi) is 6.86. The van der Waals surface area contributed by atoms with Gasteiger partial charge in [0.15, 0.2) is 0 Å². The van der Waals surface area contributed by atoms with E-state index in [0.717, 1.165) is 54.4 Å². The molecule has 1 fully saturated rings. The maximum atomic E-state index is 12.0. The smallest absolute Gasteiger partial charge is 0.139 e. The van der Waals surface area contributed by atoms with Crippen molar-refractivity contribution in [3.63, 3.8) is 0 Å². The summed E-state index contributed by atoms with van der Waals surface area (Å²) in [6.45, 7) is 5.61. The number of hydrogen-bond acceptors (Lipinski definition) is 6. The van der Waals surface area contributed by atoms with Gasteiger partial charge in [0.05, 0.1) is 40.3 Å². The molecular weight excluding hydrogens is 455 g/mol. The number of hydrogen-bond donors (Lipinski definition) is 0. The van der Waals surface area contributed by atoms with Gasteiger partial charge in [-0.2, -0.15) is 5.10 Å². The van der Waals surface area contributed by atoms with Gasteiger partial charge in [-0.05, 0) is 30.5 Å². The summed E-state index contributed by atoms with van der Waals surface area (Å²) in [7, 11) is 1.62. The molecule has 164 valence electrons. The van der Waals surface area contributed by atoms with E-state index < -0.39 is 0 Å². The van der Waals surface area contributed by atoms with Crippen molar-refractivity contribution in [2.24, 2.45) is 0 Å². The lowest BCUT2D eigenvalue weighted by Crippen LogP contribution is -2.52. The summed E-state index contributed by atoms with van der Waals surface area (Å²) in [6, 6.07) is 9.54. The van der Waals surface area contributed by atoms with Crippen molar-refractivity contribution in [2.45, 2.75) is 19.5 Å². The Hall–Kier alpha value is -2.06.